The predicted molar refractivity (Wildman–Crippen MR) is 94.8 cm³/mol. The van der Waals surface area contributed by atoms with E-state index < -0.39 is 0 Å². The van der Waals surface area contributed by atoms with Crippen LogP contribution in [-0.2, 0) is 10.2 Å². The van der Waals surface area contributed by atoms with Gasteiger partial charge in [-0.1, -0.05) is 32.9 Å². The lowest BCUT2D eigenvalue weighted by Gasteiger charge is -2.19. The van der Waals surface area contributed by atoms with Crippen LogP contribution in [0.1, 0.15) is 36.7 Å². The smallest absolute Gasteiger partial charge is 0.255 e. The van der Waals surface area contributed by atoms with Gasteiger partial charge in [0, 0.05) is 11.3 Å². The molecule has 1 amide bonds. The largest absolute Gasteiger partial charge is 0.491 e. The Labute approximate surface area is 142 Å². The van der Waals surface area contributed by atoms with Crippen LogP contribution in [0.2, 0.25) is 0 Å². The first-order chi connectivity index (χ1) is 11.4. The second-order valence-corrected chi connectivity index (χ2v) is 7.07. The molecule has 1 atom stereocenters. The predicted octanol–water partition coefficient (Wildman–Crippen LogP) is 4.01. The van der Waals surface area contributed by atoms with Crippen LogP contribution in [0.15, 0.2) is 48.5 Å². The number of ether oxygens (including phenoxy) is 2. The maximum absolute atomic E-state index is 12.3. The zero-order chi connectivity index (χ0) is 17.2. The Bertz CT molecular complexity index is 695. The number of carbonyl (C=O) groups is 1. The number of epoxide rings is 1. The van der Waals surface area contributed by atoms with Gasteiger partial charge < -0.3 is 14.8 Å². The van der Waals surface area contributed by atoms with Crippen LogP contribution in [0.4, 0.5) is 5.69 Å². The Morgan fingerprint density at radius 1 is 1.12 bits per heavy atom. The molecule has 3 rings (SSSR count). The first-order valence-corrected chi connectivity index (χ1v) is 8.18. The van der Waals surface area contributed by atoms with Gasteiger partial charge in [-0.15, -0.1) is 0 Å². The van der Waals surface area contributed by atoms with Crippen molar-refractivity contribution in [3.8, 4) is 5.75 Å². The highest BCUT2D eigenvalue weighted by molar-refractivity contribution is 6.04. The van der Waals surface area contributed by atoms with Crippen LogP contribution in [0, 0.1) is 0 Å². The first-order valence-electron chi connectivity index (χ1n) is 8.18. The van der Waals surface area contributed by atoms with Gasteiger partial charge in [-0.3, -0.25) is 4.79 Å². The molecule has 1 N–H and O–H groups in total. The monoisotopic (exact) mass is 325 g/mol. The van der Waals surface area contributed by atoms with Crippen molar-refractivity contribution in [3.05, 3.63) is 59.7 Å². The van der Waals surface area contributed by atoms with E-state index in [1.165, 1.54) is 5.56 Å². The summed E-state index contributed by atoms with van der Waals surface area (Å²) >= 11 is 0. The van der Waals surface area contributed by atoms with Crippen LogP contribution in [0.5, 0.6) is 5.75 Å². The Hall–Kier alpha value is -2.33. The average molecular weight is 325 g/mol. The van der Waals surface area contributed by atoms with E-state index in [1.54, 1.807) is 0 Å². The van der Waals surface area contributed by atoms with Crippen molar-refractivity contribution >= 4 is 11.6 Å². The summed E-state index contributed by atoms with van der Waals surface area (Å²) in [6.45, 7) is 7.82. The van der Waals surface area contributed by atoms with Gasteiger partial charge in [0.2, 0.25) is 0 Å². The van der Waals surface area contributed by atoms with E-state index >= 15 is 0 Å². The lowest BCUT2D eigenvalue weighted by atomic mass is 9.87. The average Bonchev–Trinajstić information content (AvgIpc) is 3.38. The number of hydrogen-bond acceptors (Lipinski definition) is 3. The molecule has 1 aliphatic heterocycles. The van der Waals surface area contributed by atoms with Gasteiger partial charge in [0.1, 0.15) is 18.5 Å². The van der Waals surface area contributed by atoms with E-state index in [0.29, 0.717) is 12.2 Å². The minimum atomic E-state index is -0.115. The van der Waals surface area contributed by atoms with Gasteiger partial charge in [0.15, 0.2) is 0 Å². The van der Waals surface area contributed by atoms with Crippen molar-refractivity contribution in [3.63, 3.8) is 0 Å². The minimum absolute atomic E-state index is 0.0797. The van der Waals surface area contributed by atoms with Crippen LogP contribution >= 0.6 is 0 Å². The van der Waals surface area contributed by atoms with Crippen molar-refractivity contribution in [2.24, 2.45) is 0 Å². The highest BCUT2D eigenvalue weighted by Crippen LogP contribution is 2.23. The topological polar surface area (TPSA) is 50.9 Å². The lowest BCUT2D eigenvalue weighted by molar-refractivity contribution is 0.102. The number of benzene rings is 2. The molecular formula is C20H23NO3. The summed E-state index contributed by atoms with van der Waals surface area (Å²) in [6, 6.07) is 15.1. The summed E-state index contributed by atoms with van der Waals surface area (Å²) in [4.78, 5) is 12.3. The molecule has 1 heterocycles. The number of anilines is 1. The summed E-state index contributed by atoms with van der Waals surface area (Å²) in [5.41, 5.74) is 2.68. The Morgan fingerprint density at radius 2 is 1.75 bits per heavy atom. The third kappa shape index (κ3) is 4.36. The van der Waals surface area contributed by atoms with Gasteiger partial charge in [0.25, 0.3) is 5.91 Å². The molecule has 0 bridgehead atoms. The molecule has 1 unspecified atom stereocenters. The summed E-state index contributed by atoms with van der Waals surface area (Å²) in [5.74, 6) is 0.661. The number of carbonyl (C=O) groups excluding carboxylic acids is 1. The summed E-state index contributed by atoms with van der Waals surface area (Å²) in [7, 11) is 0. The quantitative estimate of drug-likeness (QED) is 0.845. The van der Waals surface area contributed by atoms with Crippen molar-refractivity contribution < 1.29 is 14.3 Å². The normalized spacial score (nSPS) is 16.5. The van der Waals surface area contributed by atoms with E-state index in [0.717, 1.165) is 18.0 Å². The minimum Gasteiger partial charge on any atom is -0.491 e. The summed E-state index contributed by atoms with van der Waals surface area (Å²) in [6.07, 6.45) is 0.237. The fourth-order valence-corrected chi connectivity index (χ4v) is 2.31. The molecule has 1 aliphatic rings. The van der Waals surface area contributed by atoms with E-state index in [9.17, 15) is 4.79 Å². The molecule has 0 spiro atoms. The van der Waals surface area contributed by atoms with Crippen molar-refractivity contribution in [1.29, 1.82) is 0 Å². The molecule has 2 aromatic rings. The molecule has 0 aromatic heterocycles. The molecule has 24 heavy (non-hydrogen) atoms. The number of hydrogen-bond donors (Lipinski definition) is 1. The second-order valence-electron chi connectivity index (χ2n) is 7.07. The van der Waals surface area contributed by atoms with E-state index in [1.807, 2.05) is 48.5 Å². The van der Waals surface area contributed by atoms with Crippen molar-refractivity contribution in [1.82, 2.24) is 0 Å². The van der Waals surface area contributed by atoms with Crippen LogP contribution in [0.3, 0.4) is 0 Å². The van der Waals surface area contributed by atoms with Gasteiger partial charge >= 0.3 is 0 Å². The highest BCUT2D eigenvalue weighted by Gasteiger charge is 2.23. The summed E-state index contributed by atoms with van der Waals surface area (Å²) in [5, 5.41) is 2.90. The molecule has 126 valence electrons. The van der Waals surface area contributed by atoms with Gasteiger partial charge in [0.05, 0.1) is 6.61 Å². The third-order valence-corrected chi connectivity index (χ3v) is 3.96. The second kappa shape index (κ2) is 6.65. The van der Waals surface area contributed by atoms with Gasteiger partial charge in [-0.25, -0.2) is 0 Å². The lowest BCUT2D eigenvalue weighted by Crippen LogP contribution is -2.14. The Morgan fingerprint density at radius 3 is 2.29 bits per heavy atom. The van der Waals surface area contributed by atoms with Crippen LogP contribution < -0.4 is 10.1 Å². The number of rotatable bonds is 5. The van der Waals surface area contributed by atoms with E-state index in [2.05, 4.69) is 26.1 Å². The molecule has 4 nitrogen and oxygen atoms in total. The number of nitrogens with one attached hydrogen (secondary N) is 1. The fourth-order valence-electron chi connectivity index (χ4n) is 2.31. The SMILES string of the molecule is CC(C)(C)c1ccc(C(=O)Nc2ccc(OCC3CO3)cc2)cc1. The molecular weight excluding hydrogens is 302 g/mol. The zero-order valence-corrected chi connectivity index (χ0v) is 14.3. The first kappa shape index (κ1) is 16.5. The molecule has 4 heteroatoms. The Balaban J connectivity index is 1.59. The highest BCUT2D eigenvalue weighted by atomic mass is 16.6. The van der Waals surface area contributed by atoms with Gasteiger partial charge in [-0.2, -0.15) is 0 Å². The summed E-state index contributed by atoms with van der Waals surface area (Å²) < 4.78 is 10.7. The molecule has 2 aromatic carbocycles. The molecule has 1 fully saturated rings. The fraction of sp³-hybridized carbons (Fsp3) is 0.350. The molecule has 0 aliphatic carbocycles. The molecule has 0 radical (unpaired) electrons. The van der Waals surface area contributed by atoms with E-state index in [-0.39, 0.29) is 17.4 Å². The molecule has 0 saturated carbocycles. The Kier molecular flexibility index (Phi) is 4.58. The maximum Gasteiger partial charge on any atom is 0.255 e. The van der Waals surface area contributed by atoms with Gasteiger partial charge in [-0.05, 0) is 47.4 Å². The van der Waals surface area contributed by atoms with Crippen molar-refractivity contribution in [2.75, 3.05) is 18.5 Å². The van der Waals surface area contributed by atoms with Crippen LogP contribution in [-0.4, -0.2) is 25.2 Å². The van der Waals surface area contributed by atoms with Crippen LogP contribution in [0.25, 0.3) is 0 Å². The molecule has 1 saturated heterocycles. The van der Waals surface area contributed by atoms with Crippen molar-refractivity contribution in [2.45, 2.75) is 32.3 Å². The van der Waals surface area contributed by atoms with E-state index in [4.69, 9.17) is 9.47 Å². The number of amides is 1. The zero-order valence-electron chi connectivity index (χ0n) is 14.3. The maximum atomic E-state index is 12.3. The third-order valence-electron chi connectivity index (χ3n) is 3.96. The standard InChI is InChI=1S/C20H23NO3/c1-20(2,3)15-6-4-14(5-7-15)19(22)21-16-8-10-17(11-9-16)23-12-18-13-24-18/h4-11,18H,12-13H2,1-3H3,(H,21,22).